The van der Waals surface area contributed by atoms with E-state index in [0.29, 0.717) is 16.7 Å². The first-order chi connectivity index (χ1) is 15.1. The Bertz CT molecular complexity index is 1030. The molecule has 0 atom stereocenters. The predicted octanol–water partition coefficient (Wildman–Crippen LogP) is 4.94. The van der Waals surface area contributed by atoms with Gasteiger partial charge in [0.25, 0.3) is 0 Å². The van der Waals surface area contributed by atoms with E-state index in [9.17, 15) is 9.18 Å². The molecule has 1 aliphatic heterocycles. The van der Waals surface area contributed by atoms with E-state index in [4.69, 9.17) is 16.3 Å². The number of ether oxygens (including phenoxy) is 1. The zero-order valence-corrected chi connectivity index (χ0v) is 19.3. The molecule has 0 radical (unpaired) electrons. The average molecular weight is 480 g/mol. The van der Waals surface area contributed by atoms with Crippen molar-refractivity contribution in [3.05, 3.63) is 53.3 Å². The van der Waals surface area contributed by atoms with Crippen LogP contribution in [0.2, 0.25) is 5.02 Å². The number of benzene rings is 2. The average Bonchev–Trinajstić information content (AvgIpc) is 3.19. The number of amides is 1. The number of carbonyl (C=O) groups is 1. The Balaban J connectivity index is 1.46. The largest absolute Gasteiger partial charge is 0.379 e. The number of hydrogen-bond acceptors (Lipinski definition) is 6. The lowest BCUT2D eigenvalue weighted by atomic mass is 10.3. The van der Waals surface area contributed by atoms with E-state index in [0.717, 1.165) is 54.4 Å². The van der Waals surface area contributed by atoms with E-state index in [1.165, 1.54) is 35.2 Å². The van der Waals surface area contributed by atoms with Gasteiger partial charge in [-0.05, 0) is 48.9 Å². The van der Waals surface area contributed by atoms with Gasteiger partial charge in [0.1, 0.15) is 5.82 Å². The minimum absolute atomic E-state index is 0.0125. The fraction of sp³-hybridized carbons (Fsp3) is 0.364. The molecule has 0 unspecified atom stereocenters. The number of anilines is 1. The molecule has 1 saturated heterocycles. The first-order valence-electron chi connectivity index (χ1n) is 10.1. The molecular weight excluding hydrogens is 457 g/mol. The van der Waals surface area contributed by atoms with Crippen LogP contribution in [0.4, 0.5) is 9.52 Å². The summed E-state index contributed by atoms with van der Waals surface area (Å²) in [6.45, 7) is 4.87. The molecule has 2 heterocycles. The van der Waals surface area contributed by atoms with Crippen LogP contribution in [-0.2, 0) is 9.53 Å². The Hall–Kier alpha value is -1.71. The molecule has 1 fully saturated rings. The zero-order valence-electron chi connectivity index (χ0n) is 16.9. The Morgan fingerprint density at radius 2 is 2.00 bits per heavy atom. The van der Waals surface area contributed by atoms with Gasteiger partial charge in [0.05, 0.1) is 29.2 Å². The molecule has 0 saturated carbocycles. The maximum absolute atomic E-state index is 13.1. The van der Waals surface area contributed by atoms with Crippen molar-refractivity contribution in [1.29, 1.82) is 0 Å². The number of morpholine rings is 1. The minimum atomic E-state index is -0.284. The molecule has 9 heteroatoms. The van der Waals surface area contributed by atoms with Crippen LogP contribution in [0.3, 0.4) is 0 Å². The van der Waals surface area contributed by atoms with Gasteiger partial charge in [-0.3, -0.25) is 14.6 Å². The summed E-state index contributed by atoms with van der Waals surface area (Å²) >= 11 is 9.00. The third kappa shape index (κ3) is 6.17. The van der Waals surface area contributed by atoms with Crippen LogP contribution in [0, 0.1) is 5.82 Å². The van der Waals surface area contributed by atoms with Crippen molar-refractivity contribution >= 4 is 56.0 Å². The van der Waals surface area contributed by atoms with Crippen LogP contribution < -0.4 is 4.90 Å². The summed E-state index contributed by atoms with van der Waals surface area (Å²) in [7, 11) is 0. The van der Waals surface area contributed by atoms with Crippen molar-refractivity contribution in [3.63, 3.8) is 0 Å². The Labute approximate surface area is 194 Å². The van der Waals surface area contributed by atoms with Gasteiger partial charge in [-0.2, -0.15) is 0 Å². The van der Waals surface area contributed by atoms with Gasteiger partial charge >= 0.3 is 0 Å². The summed E-state index contributed by atoms with van der Waals surface area (Å²) in [5.41, 5.74) is 0.835. The third-order valence-electron chi connectivity index (χ3n) is 5.01. The molecule has 3 aromatic rings. The van der Waals surface area contributed by atoms with Crippen molar-refractivity contribution < 1.29 is 13.9 Å². The molecule has 31 heavy (non-hydrogen) atoms. The van der Waals surface area contributed by atoms with Crippen molar-refractivity contribution in [2.75, 3.05) is 50.0 Å². The molecule has 0 bridgehead atoms. The number of carbonyl (C=O) groups excluding carboxylic acids is 1. The molecule has 164 valence electrons. The highest BCUT2D eigenvalue weighted by atomic mass is 35.5. The van der Waals surface area contributed by atoms with E-state index in [-0.39, 0.29) is 17.5 Å². The molecule has 1 aliphatic rings. The summed E-state index contributed by atoms with van der Waals surface area (Å²) in [5, 5.41) is 1.34. The van der Waals surface area contributed by atoms with Crippen molar-refractivity contribution in [1.82, 2.24) is 9.88 Å². The van der Waals surface area contributed by atoms with E-state index in [1.807, 2.05) is 18.2 Å². The fourth-order valence-corrected chi connectivity index (χ4v) is 5.42. The number of aromatic nitrogens is 1. The van der Waals surface area contributed by atoms with Gasteiger partial charge in [0, 0.05) is 36.1 Å². The first-order valence-corrected chi connectivity index (χ1v) is 12.3. The highest BCUT2D eigenvalue weighted by molar-refractivity contribution is 8.00. The number of thiazole rings is 1. The lowest BCUT2D eigenvalue weighted by Gasteiger charge is -2.27. The van der Waals surface area contributed by atoms with E-state index in [2.05, 4.69) is 9.88 Å². The van der Waals surface area contributed by atoms with Gasteiger partial charge in [-0.15, -0.1) is 11.8 Å². The van der Waals surface area contributed by atoms with E-state index >= 15 is 0 Å². The minimum Gasteiger partial charge on any atom is -0.379 e. The lowest BCUT2D eigenvalue weighted by molar-refractivity contribution is -0.116. The Morgan fingerprint density at radius 3 is 2.77 bits per heavy atom. The summed E-state index contributed by atoms with van der Waals surface area (Å²) in [6.07, 6.45) is 0.851. The second kappa shape index (κ2) is 10.7. The summed E-state index contributed by atoms with van der Waals surface area (Å²) < 4.78 is 19.5. The number of rotatable bonds is 8. The number of thioether (sulfide) groups is 1. The molecule has 0 N–H and O–H groups in total. The normalized spacial score (nSPS) is 14.8. The SMILES string of the molecule is O=C(CSc1ccc(F)cc1)N(CCCN1CCOCC1)c1nc2ccc(Cl)cc2s1. The molecular formula is C22H23ClFN3O2S2. The Kier molecular flexibility index (Phi) is 7.79. The Morgan fingerprint density at radius 1 is 1.23 bits per heavy atom. The monoisotopic (exact) mass is 479 g/mol. The number of fused-ring (bicyclic) bond motifs is 1. The van der Waals surface area contributed by atoms with Crippen molar-refractivity contribution in [3.8, 4) is 0 Å². The van der Waals surface area contributed by atoms with Crippen molar-refractivity contribution in [2.24, 2.45) is 0 Å². The summed E-state index contributed by atoms with van der Waals surface area (Å²) in [6, 6.07) is 11.8. The second-order valence-corrected chi connectivity index (χ2v) is 9.70. The van der Waals surface area contributed by atoms with E-state index < -0.39 is 0 Å². The second-order valence-electron chi connectivity index (χ2n) is 7.20. The van der Waals surface area contributed by atoms with Crippen LogP contribution in [0.5, 0.6) is 0 Å². The van der Waals surface area contributed by atoms with Gasteiger partial charge in [-0.25, -0.2) is 9.37 Å². The number of hydrogen-bond donors (Lipinski definition) is 0. The number of halogens is 2. The van der Waals surface area contributed by atoms with E-state index in [1.54, 1.807) is 17.0 Å². The molecule has 1 amide bonds. The highest BCUT2D eigenvalue weighted by Crippen LogP contribution is 2.31. The van der Waals surface area contributed by atoms with Gasteiger partial charge < -0.3 is 4.74 Å². The molecule has 5 nitrogen and oxygen atoms in total. The topological polar surface area (TPSA) is 45.7 Å². The molecule has 1 aromatic heterocycles. The lowest BCUT2D eigenvalue weighted by Crippen LogP contribution is -2.39. The quantitative estimate of drug-likeness (QED) is 0.428. The van der Waals surface area contributed by atoms with Crippen LogP contribution in [0.15, 0.2) is 47.4 Å². The van der Waals surface area contributed by atoms with Gasteiger partial charge in [-0.1, -0.05) is 22.9 Å². The van der Waals surface area contributed by atoms with Crippen LogP contribution in [0.25, 0.3) is 10.2 Å². The van der Waals surface area contributed by atoms with Crippen LogP contribution >= 0.6 is 34.7 Å². The molecule has 4 rings (SSSR count). The zero-order chi connectivity index (χ0) is 21.6. The van der Waals surface area contributed by atoms with Crippen LogP contribution in [0.1, 0.15) is 6.42 Å². The van der Waals surface area contributed by atoms with Gasteiger partial charge in [0.15, 0.2) is 5.13 Å². The first kappa shape index (κ1) is 22.5. The molecule has 0 spiro atoms. The third-order valence-corrected chi connectivity index (χ3v) is 7.28. The molecule has 0 aliphatic carbocycles. The maximum Gasteiger partial charge on any atom is 0.239 e. The summed E-state index contributed by atoms with van der Waals surface area (Å²) in [4.78, 5) is 22.8. The van der Waals surface area contributed by atoms with Crippen LogP contribution in [-0.4, -0.2) is 60.9 Å². The highest BCUT2D eigenvalue weighted by Gasteiger charge is 2.21. The standard InChI is InChI=1S/C22H23ClFN3O2S2/c23-16-2-7-19-20(14-16)31-22(25-19)27(9-1-8-26-10-12-29-13-11-26)21(28)15-30-18-5-3-17(24)4-6-18/h2-7,14H,1,8-13,15H2. The summed E-state index contributed by atoms with van der Waals surface area (Å²) in [5.74, 6) is -0.0325. The smallest absolute Gasteiger partial charge is 0.239 e. The van der Waals surface area contributed by atoms with Crippen molar-refractivity contribution in [2.45, 2.75) is 11.3 Å². The van der Waals surface area contributed by atoms with Gasteiger partial charge in [0.2, 0.25) is 5.91 Å². The predicted molar refractivity (Wildman–Crippen MR) is 126 cm³/mol. The molecule has 2 aromatic carbocycles. The maximum atomic E-state index is 13.1. The number of nitrogens with zero attached hydrogens (tertiary/aromatic N) is 3. The fourth-order valence-electron chi connectivity index (χ4n) is 3.36.